The van der Waals surface area contributed by atoms with E-state index >= 15 is 0 Å². The predicted octanol–water partition coefficient (Wildman–Crippen LogP) is 2.21. The highest BCUT2D eigenvalue weighted by Gasteiger charge is 2.40. The van der Waals surface area contributed by atoms with Crippen LogP contribution in [0.5, 0.6) is 0 Å². The standard InChI is InChI=1S/C19H21ClN6O2/c20-15-3-1-14(2-4-15)11-23-25-18(21)16-12-22-13-17(24-16)26-7-5-19(6-8-26)27-9-10-28-19/h1-4,11-13H,5-10H2,(H2,21,25)/b23-11+. The van der Waals surface area contributed by atoms with E-state index in [0.717, 1.165) is 37.3 Å². The number of ether oxygens (including phenoxy) is 2. The Kier molecular flexibility index (Phi) is 5.52. The Bertz CT molecular complexity index is 870. The summed E-state index contributed by atoms with van der Waals surface area (Å²) in [5.41, 5.74) is 7.39. The molecule has 2 aromatic rings. The molecule has 1 spiro atoms. The molecule has 146 valence electrons. The van der Waals surface area contributed by atoms with Crippen molar-refractivity contribution in [2.24, 2.45) is 15.9 Å². The molecule has 0 unspecified atom stereocenters. The summed E-state index contributed by atoms with van der Waals surface area (Å²) in [7, 11) is 0. The fraction of sp³-hybridized carbons (Fsp3) is 0.368. The van der Waals surface area contributed by atoms with E-state index in [1.807, 2.05) is 12.1 Å². The quantitative estimate of drug-likeness (QED) is 0.480. The van der Waals surface area contributed by atoms with Gasteiger partial charge in [-0.15, -0.1) is 5.10 Å². The van der Waals surface area contributed by atoms with Gasteiger partial charge in [-0.2, -0.15) is 5.10 Å². The van der Waals surface area contributed by atoms with Gasteiger partial charge in [-0.1, -0.05) is 23.7 Å². The van der Waals surface area contributed by atoms with Crippen molar-refractivity contribution in [2.45, 2.75) is 18.6 Å². The van der Waals surface area contributed by atoms with Crippen LogP contribution >= 0.6 is 11.6 Å². The third-order valence-corrected chi connectivity index (χ3v) is 5.04. The van der Waals surface area contributed by atoms with Gasteiger partial charge in [0.2, 0.25) is 0 Å². The highest BCUT2D eigenvalue weighted by Crippen LogP contribution is 2.32. The summed E-state index contributed by atoms with van der Waals surface area (Å²) < 4.78 is 11.5. The Balaban J connectivity index is 1.42. The number of nitrogens with two attached hydrogens (primary N) is 1. The molecule has 0 amide bonds. The Morgan fingerprint density at radius 1 is 1.14 bits per heavy atom. The number of amidine groups is 1. The van der Waals surface area contributed by atoms with Crippen LogP contribution < -0.4 is 10.6 Å². The van der Waals surface area contributed by atoms with E-state index in [2.05, 4.69) is 25.1 Å². The second kappa shape index (κ2) is 8.22. The molecule has 1 aromatic carbocycles. The predicted molar refractivity (Wildman–Crippen MR) is 108 cm³/mol. The molecule has 4 rings (SSSR count). The molecule has 2 saturated heterocycles. The molecule has 0 bridgehead atoms. The number of benzene rings is 1. The molecule has 28 heavy (non-hydrogen) atoms. The maximum absolute atomic E-state index is 6.03. The maximum Gasteiger partial charge on any atom is 0.173 e. The molecule has 2 fully saturated rings. The molecule has 2 aliphatic heterocycles. The lowest BCUT2D eigenvalue weighted by Crippen LogP contribution is -2.45. The second-order valence-corrected chi connectivity index (χ2v) is 7.07. The van der Waals surface area contributed by atoms with Crippen molar-refractivity contribution in [3.63, 3.8) is 0 Å². The zero-order valence-corrected chi connectivity index (χ0v) is 16.0. The van der Waals surface area contributed by atoms with Gasteiger partial charge in [-0.3, -0.25) is 4.98 Å². The van der Waals surface area contributed by atoms with E-state index in [1.54, 1.807) is 30.7 Å². The first kappa shape index (κ1) is 18.8. The van der Waals surface area contributed by atoms with Crippen molar-refractivity contribution in [1.82, 2.24) is 9.97 Å². The molecular weight excluding hydrogens is 380 g/mol. The molecule has 0 aliphatic carbocycles. The summed E-state index contributed by atoms with van der Waals surface area (Å²) in [6.45, 7) is 2.89. The molecule has 0 radical (unpaired) electrons. The van der Waals surface area contributed by atoms with E-state index in [0.29, 0.717) is 23.9 Å². The van der Waals surface area contributed by atoms with Crippen LogP contribution in [0.4, 0.5) is 5.82 Å². The molecule has 0 atom stereocenters. The Morgan fingerprint density at radius 3 is 2.57 bits per heavy atom. The summed E-state index contributed by atoms with van der Waals surface area (Å²) in [5.74, 6) is 0.541. The topological polar surface area (TPSA) is 98.2 Å². The summed E-state index contributed by atoms with van der Waals surface area (Å²) in [6, 6.07) is 7.27. The lowest BCUT2D eigenvalue weighted by molar-refractivity contribution is -0.169. The van der Waals surface area contributed by atoms with E-state index in [1.165, 1.54) is 0 Å². The molecule has 9 heteroatoms. The third-order valence-electron chi connectivity index (χ3n) is 4.79. The summed E-state index contributed by atoms with van der Waals surface area (Å²) in [5, 5.41) is 8.71. The van der Waals surface area contributed by atoms with Gasteiger partial charge < -0.3 is 20.1 Å². The number of hydrogen-bond acceptors (Lipinski definition) is 7. The fourth-order valence-corrected chi connectivity index (χ4v) is 3.38. The second-order valence-electron chi connectivity index (χ2n) is 6.64. The first-order valence-electron chi connectivity index (χ1n) is 9.11. The van der Waals surface area contributed by atoms with Crippen LogP contribution in [0, 0.1) is 0 Å². The average molecular weight is 401 g/mol. The van der Waals surface area contributed by atoms with Gasteiger partial charge in [-0.25, -0.2) is 4.98 Å². The maximum atomic E-state index is 6.03. The van der Waals surface area contributed by atoms with Crippen LogP contribution in [-0.4, -0.2) is 54.1 Å². The number of aromatic nitrogens is 2. The molecule has 2 N–H and O–H groups in total. The summed E-state index contributed by atoms with van der Waals surface area (Å²) in [4.78, 5) is 11.0. The first-order valence-corrected chi connectivity index (χ1v) is 9.49. The van der Waals surface area contributed by atoms with Gasteiger partial charge in [0.25, 0.3) is 0 Å². The molecule has 1 aromatic heterocycles. The highest BCUT2D eigenvalue weighted by atomic mass is 35.5. The van der Waals surface area contributed by atoms with Gasteiger partial charge in [0, 0.05) is 31.0 Å². The van der Waals surface area contributed by atoms with Gasteiger partial charge >= 0.3 is 0 Å². The number of halogens is 1. The molecule has 3 heterocycles. The Labute approximate surface area is 168 Å². The fourth-order valence-electron chi connectivity index (χ4n) is 3.25. The smallest absolute Gasteiger partial charge is 0.173 e. The van der Waals surface area contributed by atoms with E-state index in [-0.39, 0.29) is 5.84 Å². The molecule has 0 saturated carbocycles. The van der Waals surface area contributed by atoms with Crippen molar-refractivity contribution in [2.75, 3.05) is 31.2 Å². The minimum atomic E-state index is -0.418. The number of piperidine rings is 1. The Morgan fingerprint density at radius 2 is 1.86 bits per heavy atom. The lowest BCUT2D eigenvalue weighted by Gasteiger charge is -2.38. The summed E-state index contributed by atoms with van der Waals surface area (Å²) >= 11 is 5.87. The normalized spacial score (nSPS) is 19.6. The zero-order valence-electron chi connectivity index (χ0n) is 15.3. The van der Waals surface area contributed by atoms with Crippen LogP contribution in [0.1, 0.15) is 24.1 Å². The minimum absolute atomic E-state index is 0.204. The largest absolute Gasteiger partial charge is 0.380 e. The van der Waals surface area contributed by atoms with Crippen LogP contribution in [-0.2, 0) is 9.47 Å². The highest BCUT2D eigenvalue weighted by molar-refractivity contribution is 6.30. The van der Waals surface area contributed by atoms with E-state index < -0.39 is 5.79 Å². The van der Waals surface area contributed by atoms with Gasteiger partial charge in [0.05, 0.1) is 31.8 Å². The zero-order chi connectivity index (χ0) is 19.4. The number of anilines is 1. The Hall–Kier alpha value is -2.55. The van der Waals surface area contributed by atoms with E-state index in [9.17, 15) is 0 Å². The van der Waals surface area contributed by atoms with Crippen LogP contribution in [0.25, 0.3) is 0 Å². The average Bonchev–Trinajstić information content (AvgIpc) is 3.18. The van der Waals surface area contributed by atoms with Crippen molar-refractivity contribution in [1.29, 1.82) is 0 Å². The van der Waals surface area contributed by atoms with Gasteiger partial charge in [0.1, 0.15) is 11.5 Å². The first-order chi connectivity index (χ1) is 13.6. The van der Waals surface area contributed by atoms with Crippen molar-refractivity contribution in [3.8, 4) is 0 Å². The molecule has 8 nitrogen and oxygen atoms in total. The number of nitrogens with zero attached hydrogens (tertiary/aromatic N) is 5. The third kappa shape index (κ3) is 4.30. The van der Waals surface area contributed by atoms with E-state index in [4.69, 9.17) is 26.8 Å². The van der Waals surface area contributed by atoms with Crippen molar-refractivity contribution in [3.05, 3.63) is 52.9 Å². The SMILES string of the molecule is N/C(=N/N=C/c1ccc(Cl)cc1)c1cncc(N2CCC3(CC2)OCCO3)n1. The van der Waals surface area contributed by atoms with Gasteiger partial charge in [-0.05, 0) is 17.7 Å². The minimum Gasteiger partial charge on any atom is -0.380 e. The van der Waals surface area contributed by atoms with Crippen LogP contribution in [0.15, 0.2) is 46.9 Å². The van der Waals surface area contributed by atoms with Crippen molar-refractivity contribution < 1.29 is 9.47 Å². The molecular formula is C19H21ClN6O2. The lowest BCUT2D eigenvalue weighted by atomic mass is 10.0. The van der Waals surface area contributed by atoms with Gasteiger partial charge in [0.15, 0.2) is 11.6 Å². The molecule has 2 aliphatic rings. The number of hydrogen-bond donors (Lipinski definition) is 1. The summed E-state index contributed by atoms with van der Waals surface area (Å²) in [6.07, 6.45) is 6.50. The van der Waals surface area contributed by atoms with Crippen molar-refractivity contribution >= 4 is 29.5 Å². The monoisotopic (exact) mass is 400 g/mol. The number of rotatable bonds is 4. The van der Waals surface area contributed by atoms with Crippen LogP contribution in [0.2, 0.25) is 5.02 Å². The van der Waals surface area contributed by atoms with Crippen LogP contribution in [0.3, 0.4) is 0 Å².